The summed E-state index contributed by atoms with van der Waals surface area (Å²) in [7, 11) is 0. The molecule has 1 aromatic heterocycles. The predicted molar refractivity (Wildman–Crippen MR) is 75.4 cm³/mol. The highest BCUT2D eigenvalue weighted by molar-refractivity contribution is 5.91. The zero-order valence-corrected chi connectivity index (χ0v) is 12.0. The number of aliphatic hydroxyl groups is 1. The highest BCUT2D eigenvalue weighted by atomic mass is 16.3. The molecule has 0 bridgehead atoms. The van der Waals surface area contributed by atoms with E-state index in [1.165, 1.54) is 0 Å². The van der Waals surface area contributed by atoms with Gasteiger partial charge in [0.05, 0.1) is 18.3 Å². The van der Waals surface area contributed by atoms with E-state index in [2.05, 4.69) is 10.4 Å². The van der Waals surface area contributed by atoms with E-state index < -0.39 is 5.60 Å². The molecule has 0 radical (unpaired) electrons. The number of hydrogen-bond donors (Lipinski definition) is 2. The molecule has 2 aliphatic rings. The largest absolute Gasteiger partial charge is 0.387 e. The molecular weight excluding hydrogens is 256 g/mol. The summed E-state index contributed by atoms with van der Waals surface area (Å²) in [6.07, 6.45) is 3.94. The number of nitrogens with zero attached hydrogens (tertiary/aromatic N) is 3. The number of likely N-dealkylation sites (tertiary alicyclic amines) is 1. The van der Waals surface area contributed by atoms with Crippen LogP contribution in [0.1, 0.15) is 32.7 Å². The lowest BCUT2D eigenvalue weighted by atomic mass is 9.89. The minimum atomic E-state index is -0.528. The molecule has 1 aliphatic heterocycles. The normalized spacial score (nSPS) is 21.8. The minimum absolute atomic E-state index is 0.0507. The SMILES string of the molecule is CC(C)n1nccc1NC(=O)CN1CC(O)(C2CC2)C1. The Kier molecular flexibility index (Phi) is 3.30. The highest BCUT2D eigenvalue weighted by Gasteiger charge is 2.51. The van der Waals surface area contributed by atoms with Crippen molar-refractivity contribution in [2.45, 2.75) is 38.3 Å². The molecule has 1 amide bonds. The maximum atomic E-state index is 12.0. The molecule has 6 heteroatoms. The first-order valence-corrected chi connectivity index (χ1v) is 7.26. The van der Waals surface area contributed by atoms with Gasteiger partial charge in [0.15, 0.2) is 0 Å². The molecule has 2 heterocycles. The monoisotopic (exact) mass is 278 g/mol. The lowest BCUT2D eigenvalue weighted by molar-refractivity contribution is -0.132. The second-order valence-electron chi connectivity index (χ2n) is 6.33. The van der Waals surface area contributed by atoms with Crippen LogP contribution in [0.4, 0.5) is 5.82 Å². The average Bonchev–Trinajstić information content (AvgIpc) is 3.08. The molecular formula is C14H22N4O2. The van der Waals surface area contributed by atoms with Crippen molar-refractivity contribution < 1.29 is 9.90 Å². The van der Waals surface area contributed by atoms with Crippen LogP contribution in [0.2, 0.25) is 0 Å². The summed E-state index contributed by atoms with van der Waals surface area (Å²) in [5.41, 5.74) is -0.528. The molecule has 2 N–H and O–H groups in total. The van der Waals surface area contributed by atoms with Crippen LogP contribution in [0.3, 0.4) is 0 Å². The van der Waals surface area contributed by atoms with Gasteiger partial charge in [-0.1, -0.05) is 0 Å². The van der Waals surface area contributed by atoms with Gasteiger partial charge in [-0.15, -0.1) is 0 Å². The predicted octanol–water partition coefficient (Wildman–Crippen LogP) is 0.859. The van der Waals surface area contributed by atoms with Crippen molar-refractivity contribution in [3.63, 3.8) is 0 Å². The van der Waals surface area contributed by atoms with Gasteiger partial charge in [-0.3, -0.25) is 9.69 Å². The maximum absolute atomic E-state index is 12.0. The van der Waals surface area contributed by atoms with Gasteiger partial charge in [-0.05, 0) is 32.6 Å². The van der Waals surface area contributed by atoms with E-state index in [4.69, 9.17) is 0 Å². The fourth-order valence-electron chi connectivity index (χ4n) is 2.93. The number of rotatable bonds is 5. The van der Waals surface area contributed by atoms with Crippen LogP contribution in [0, 0.1) is 5.92 Å². The number of anilines is 1. The second kappa shape index (κ2) is 4.86. The molecule has 0 aromatic carbocycles. The summed E-state index contributed by atoms with van der Waals surface area (Å²) in [6.45, 7) is 5.61. The Balaban J connectivity index is 1.49. The van der Waals surface area contributed by atoms with Gasteiger partial charge in [0.1, 0.15) is 5.82 Å². The summed E-state index contributed by atoms with van der Waals surface area (Å²) in [4.78, 5) is 14.0. The summed E-state index contributed by atoms with van der Waals surface area (Å²) < 4.78 is 1.79. The van der Waals surface area contributed by atoms with Crippen LogP contribution < -0.4 is 5.32 Å². The smallest absolute Gasteiger partial charge is 0.239 e. The molecule has 2 fully saturated rings. The Morgan fingerprint density at radius 1 is 1.55 bits per heavy atom. The number of β-amino-alcohol motifs (C(OH)–C–C–N with tert-alkyl or cyclic N) is 1. The van der Waals surface area contributed by atoms with Gasteiger partial charge < -0.3 is 10.4 Å². The van der Waals surface area contributed by atoms with Gasteiger partial charge in [-0.2, -0.15) is 5.10 Å². The minimum Gasteiger partial charge on any atom is -0.387 e. The first kappa shape index (κ1) is 13.6. The summed E-state index contributed by atoms with van der Waals surface area (Å²) >= 11 is 0. The van der Waals surface area contributed by atoms with Crippen molar-refractivity contribution in [2.75, 3.05) is 25.0 Å². The molecule has 1 aliphatic carbocycles. The van der Waals surface area contributed by atoms with E-state index in [0.717, 1.165) is 18.7 Å². The van der Waals surface area contributed by atoms with Crippen LogP contribution in [-0.4, -0.2) is 50.9 Å². The molecule has 1 saturated carbocycles. The molecule has 1 saturated heterocycles. The number of carbonyl (C=O) groups excluding carboxylic acids is 1. The van der Waals surface area contributed by atoms with Crippen molar-refractivity contribution in [3.8, 4) is 0 Å². The zero-order valence-electron chi connectivity index (χ0n) is 12.0. The van der Waals surface area contributed by atoms with Gasteiger partial charge >= 0.3 is 0 Å². The average molecular weight is 278 g/mol. The van der Waals surface area contributed by atoms with Gasteiger partial charge in [0, 0.05) is 25.2 Å². The van der Waals surface area contributed by atoms with Crippen molar-refractivity contribution in [1.82, 2.24) is 14.7 Å². The fraction of sp³-hybridized carbons (Fsp3) is 0.714. The first-order valence-electron chi connectivity index (χ1n) is 7.26. The van der Waals surface area contributed by atoms with Crippen molar-refractivity contribution in [1.29, 1.82) is 0 Å². The van der Waals surface area contributed by atoms with Crippen molar-refractivity contribution in [3.05, 3.63) is 12.3 Å². The van der Waals surface area contributed by atoms with E-state index in [1.54, 1.807) is 16.9 Å². The zero-order chi connectivity index (χ0) is 14.3. The molecule has 0 unspecified atom stereocenters. The lowest BCUT2D eigenvalue weighted by Gasteiger charge is -2.46. The first-order chi connectivity index (χ1) is 9.48. The van der Waals surface area contributed by atoms with E-state index in [-0.39, 0.29) is 11.9 Å². The topological polar surface area (TPSA) is 70.4 Å². The van der Waals surface area contributed by atoms with E-state index in [0.29, 0.717) is 25.6 Å². The third kappa shape index (κ3) is 2.58. The van der Waals surface area contributed by atoms with E-state index in [1.807, 2.05) is 18.7 Å². The molecule has 1 aromatic rings. The lowest BCUT2D eigenvalue weighted by Crippen LogP contribution is -2.64. The number of carbonyl (C=O) groups is 1. The standard InChI is InChI=1S/C14H22N4O2/c1-10(2)18-12(5-6-15-18)16-13(19)7-17-8-14(20,9-17)11-3-4-11/h5-6,10-11,20H,3-4,7-9H2,1-2H3,(H,16,19). The molecule has 3 rings (SSSR count). The Morgan fingerprint density at radius 2 is 2.25 bits per heavy atom. The Morgan fingerprint density at radius 3 is 2.85 bits per heavy atom. The summed E-state index contributed by atoms with van der Waals surface area (Å²) in [5, 5.41) is 17.3. The third-order valence-electron chi connectivity index (χ3n) is 4.13. The van der Waals surface area contributed by atoms with Gasteiger partial charge in [0.25, 0.3) is 0 Å². The Bertz CT molecular complexity index is 501. The van der Waals surface area contributed by atoms with E-state index in [9.17, 15) is 9.90 Å². The maximum Gasteiger partial charge on any atom is 0.239 e. The van der Waals surface area contributed by atoms with Crippen LogP contribution in [0.5, 0.6) is 0 Å². The molecule has 0 atom stereocenters. The summed E-state index contributed by atoms with van der Waals surface area (Å²) in [6, 6.07) is 2.01. The van der Waals surface area contributed by atoms with Gasteiger partial charge in [-0.25, -0.2) is 4.68 Å². The van der Waals surface area contributed by atoms with Crippen molar-refractivity contribution in [2.24, 2.45) is 5.92 Å². The number of amides is 1. The number of nitrogens with one attached hydrogen (secondary N) is 1. The highest BCUT2D eigenvalue weighted by Crippen LogP contribution is 2.44. The second-order valence-corrected chi connectivity index (χ2v) is 6.33. The quantitative estimate of drug-likeness (QED) is 0.838. The third-order valence-corrected chi connectivity index (χ3v) is 4.13. The summed E-state index contributed by atoms with van der Waals surface area (Å²) in [5.74, 6) is 1.14. The van der Waals surface area contributed by atoms with Crippen LogP contribution in [0.15, 0.2) is 12.3 Å². The van der Waals surface area contributed by atoms with Crippen LogP contribution in [-0.2, 0) is 4.79 Å². The Hall–Kier alpha value is -1.40. The number of aromatic nitrogens is 2. The molecule has 0 spiro atoms. The van der Waals surface area contributed by atoms with Crippen molar-refractivity contribution >= 4 is 11.7 Å². The fourth-order valence-corrected chi connectivity index (χ4v) is 2.93. The molecule has 110 valence electrons. The van der Waals surface area contributed by atoms with E-state index >= 15 is 0 Å². The molecule has 6 nitrogen and oxygen atoms in total. The van der Waals surface area contributed by atoms with Gasteiger partial charge in [0.2, 0.25) is 5.91 Å². The Labute approximate surface area is 118 Å². The molecule has 20 heavy (non-hydrogen) atoms. The van der Waals surface area contributed by atoms with Crippen LogP contribution >= 0.6 is 0 Å². The number of hydrogen-bond acceptors (Lipinski definition) is 4. The van der Waals surface area contributed by atoms with Crippen LogP contribution in [0.25, 0.3) is 0 Å².